The summed E-state index contributed by atoms with van der Waals surface area (Å²) in [5.41, 5.74) is 2.53. The number of carbonyl (C=O) groups excluding carboxylic acids is 1. The van der Waals surface area contributed by atoms with Gasteiger partial charge >= 0.3 is 0 Å². The predicted molar refractivity (Wildman–Crippen MR) is 56.2 cm³/mol. The first-order valence-electron chi connectivity index (χ1n) is 5.18. The molecule has 0 fully saturated rings. The molecule has 0 spiro atoms. The average molecular weight is 189 g/mol. The number of rotatable bonds is 1. The standard InChI is InChI=1S/C12H15NO/c1-2-10-11-6-4-3-5-9(11)7-8-13-12(10)14/h3-6,10H,2,7-8H2,1H3,(H,13,14). The molecule has 0 saturated heterocycles. The van der Waals surface area contributed by atoms with E-state index in [4.69, 9.17) is 0 Å². The fraction of sp³-hybridized carbons (Fsp3) is 0.417. The molecule has 74 valence electrons. The fourth-order valence-electron chi connectivity index (χ4n) is 2.09. The van der Waals surface area contributed by atoms with Crippen LogP contribution in [0.5, 0.6) is 0 Å². The molecule has 1 aliphatic rings. The molecule has 1 N–H and O–H groups in total. The molecule has 1 heterocycles. The van der Waals surface area contributed by atoms with Crippen LogP contribution in [0, 0.1) is 0 Å². The molecule has 0 bridgehead atoms. The maximum Gasteiger partial charge on any atom is 0.227 e. The largest absolute Gasteiger partial charge is 0.355 e. The van der Waals surface area contributed by atoms with Crippen LogP contribution in [0.4, 0.5) is 0 Å². The Balaban J connectivity index is 2.44. The van der Waals surface area contributed by atoms with Crippen molar-refractivity contribution in [2.24, 2.45) is 0 Å². The van der Waals surface area contributed by atoms with E-state index in [2.05, 4.69) is 24.4 Å². The zero-order valence-electron chi connectivity index (χ0n) is 8.42. The first-order chi connectivity index (χ1) is 6.83. The van der Waals surface area contributed by atoms with E-state index in [9.17, 15) is 4.79 Å². The molecule has 14 heavy (non-hydrogen) atoms. The van der Waals surface area contributed by atoms with Gasteiger partial charge in [0.1, 0.15) is 0 Å². The van der Waals surface area contributed by atoms with Gasteiger partial charge in [0.2, 0.25) is 5.91 Å². The number of carbonyl (C=O) groups is 1. The lowest BCUT2D eigenvalue weighted by Gasteiger charge is -2.13. The van der Waals surface area contributed by atoms with E-state index in [1.54, 1.807) is 0 Å². The van der Waals surface area contributed by atoms with Crippen molar-refractivity contribution in [2.45, 2.75) is 25.7 Å². The molecule has 0 saturated carbocycles. The third-order valence-electron chi connectivity index (χ3n) is 2.85. The SMILES string of the molecule is CCC1C(=O)NCCc2ccccc21. The third kappa shape index (κ3) is 1.52. The number of amides is 1. The predicted octanol–water partition coefficient (Wildman–Crippen LogP) is 1.85. The first-order valence-corrected chi connectivity index (χ1v) is 5.18. The minimum atomic E-state index is 0.0497. The van der Waals surface area contributed by atoms with Crippen LogP contribution in [0.2, 0.25) is 0 Å². The number of benzene rings is 1. The van der Waals surface area contributed by atoms with Crippen molar-refractivity contribution in [3.05, 3.63) is 35.4 Å². The van der Waals surface area contributed by atoms with E-state index in [1.807, 2.05) is 12.1 Å². The highest BCUT2D eigenvalue weighted by atomic mass is 16.1. The summed E-state index contributed by atoms with van der Waals surface area (Å²) in [4.78, 5) is 11.7. The lowest BCUT2D eigenvalue weighted by Crippen LogP contribution is -2.27. The molecule has 1 aromatic rings. The lowest BCUT2D eigenvalue weighted by molar-refractivity contribution is -0.122. The van der Waals surface area contributed by atoms with Gasteiger partial charge in [-0.25, -0.2) is 0 Å². The van der Waals surface area contributed by atoms with Gasteiger partial charge in [0.05, 0.1) is 5.92 Å². The van der Waals surface area contributed by atoms with Crippen molar-refractivity contribution < 1.29 is 4.79 Å². The van der Waals surface area contributed by atoms with E-state index >= 15 is 0 Å². The Morgan fingerprint density at radius 1 is 1.43 bits per heavy atom. The lowest BCUT2D eigenvalue weighted by atomic mass is 9.92. The number of hydrogen-bond donors (Lipinski definition) is 1. The van der Waals surface area contributed by atoms with E-state index < -0.39 is 0 Å². The quantitative estimate of drug-likeness (QED) is 0.717. The van der Waals surface area contributed by atoms with Gasteiger partial charge in [0, 0.05) is 6.54 Å². The van der Waals surface area contributed by atoms with Gasteiger partial charge in [0.25, 0.3) is 0 Å². The molecule has 1 unspecified atom stereocenters. The molecule has 2 nitrogen and oxygen atoms in total. The molecule has 0 aliphatic carbocycles. The second-order valence-corrected chi connectivity index (χ2v) is 3.70. The van der Waals surface area contributed by atoms with Crippen molar-refractivity contribution in [2.75, 3.05) is 6.54 Å². The normalized spacial score (nSPS) is 20.9. The van der Waals surface area contributed by atoms with Gasteiger partial charge in [-0.2, -0.15) is 0 Å². The van der Waals surface area contributed by atoms with E-state index in [0.717, 1.165) is 19.4 Å². The van der Waals surface area contributed by atoms with Crippen molar-refractivity contribution in [1.82, 2.24) is 5.32 Å². The van der Waals surface area contributed by atoms with Crippen LogP contribution < -0.4 is 5.32 Å². The Labute approximate surface area is 84.3 Å². The van der Waals surface area contributed by atoms with Crippen LogP contribution in [0.3, 0.4) is 0 Å². The number of nitrogens with one attached hydrogen (secondary N) is 1. The Morgan fingerprint density at radius 2 is 2.21 bits per heavy atom. The van der Waals surface area contributed by atoms with Gasteiger partial charge in [-0.3, -0.25) is 4.79 Å². The molecule has 1 aliphatic heterocycles. The zero-order chi connectivity index (χ0) is 9.97. The summed E-state index contributed by atoms with van der Waals surface area (Å²) in [7, 11) is 0. The smallest absolute Gasteiger partial charge is 0.227 e. The molecular weight excluding hydrogens is 174 g/mol. The molecule has 2 rings (SSSR count). The van der Waals surface area contributed by atoms with Gasteiger partial charge in [0.15, 0.2) is 0 Å². The number of fused-ring (bicyclic) bond motifs is 1. The molecule has 1 aromatic carbocycles. The minimum absolute atomic E-state index is 0.0497. The topological polar surface area (TPSA) is 29.1 Å². The van der Waals surface area contributed by atoms with Gasteiger partial charge in [-0.15, -0.1) is 0 Å². The van der Waals surface area contributed by atoms with Crippen molar-refractivity contribution in [3.8, 4) is 0 Å². The maximum atomic E-state index is 11.7. The molecule has 0 radical (unpaired) electrons. The summed E-state index contributed by atoms with van der Waals surface area (Å²) in [5.74, 6) is 0.228. The summed E-state index contributed by atoms with van der Waals surface area (Å²) in [5, 5.41) is 2.95. The molecule has 0 aromatic heterocycles. The third-order valence-corrected chi connectivity index (χ3v) is 2.85. The highest BCUT2D eigenvalue weighted by molar-refractivity contribution is 5.84. The summed E-state index contributed by atoms with van der Waals surface area (Å²) >= 11 is 0. The minimum Gasteiger partial charge on any atom is -0.355 e. The highest BCUT2D eigenvalue weighted by Crippen LogP contribution is 2.25. The Hall–Kier alpha value is -1.31. The second-order valence-electron chi connectivity index (χ2n) is 3.70. The monoisotopic (exact) mass is 189 g/mol. The number of hydrogen-bond acceptors (Lipinski definition) is 1. The Kier molecular flexibility index (Phi) is 2.53. The van der Waals surface area contributed by atoms with Gasteiger partial charge < -0.3 is 5.32 Å². The zero-order valence-corrected chi connectivity index (χ0v) is 8.42. The summed E-state index contributed by atoms with van der Waals surface area (Å²) < 4.78 is 0. The molecule has 2 heteroatoms. The summed E-state index contributed by atoms with van der Waals surface area (Å²) in [6.45, 7) is 2.83. The summed E-state index contributed by atoms with van der Waals surface area (Å²) in [6, 6.07) is 8.26. The summed E-state index contributed by atoms with van der Waals surface area (Å²) in [6.07, 6.45) is 1.83. The van der Waals surface area contributed by atoms with Crippen molar-refractivity contribution in [1.29, 1.82) is 0 Å². The van der Waals surface area contributed by atoms with Crippen LogP contribution in [0.15, 0.2) is 24.3 Å². The van der Waals surface area contributed by atoms with Crippen LogP contribution in [-0.4, -0.2) is 12.5 Å². The van der Waals surface area contributed by atoms with Gasteiger partial charge in [-0.05, 0) is 24.0 Å². The van der Waals surface area contributed by atoms with Crippen LogP contribution in [0.25, 0.3) is 0 Å². The average Bonchev–Trinajstić information content (AvgIpc) is 2.36. The van der Waals surface area contributed by atoms with Crippen molar-refractivity contribution >= 4 is 5.91 Å². The van der Waals surface area contributed by atoms with Crippen LogP contribution in [0.1, 0.15) is 30.4 Å². The Bertz CT molecular complexity index is 346. The molecule has 1 atom stereocenters. The maximum absolute atomic E-state index is 11.7. The Morgan fingerprint density at radius 3 is 3.00 bits per heavy atom. The molecular formula is C12H15NO. The van der Waals surface area contributed by atoms with E-state index in [0.29, 0.717) is 0 Å². The first kappa shape index (κ1) is 9.25. The highest BCUT2D eigenvalue weighted by Gasteiger charge is 2.23. The van der Waals surface area contributed by atoms with Crippen molar-refractivity contribution in [3.63, 3.8) is 0 Å². The van der Waals surface area contributed by atoms with E-state index in [1.165, 1.54) is 11.1 Å². The molecule has 1 amide bonds. The fourth-order valence-corrected chi connectivity index (χ4v) is 2.09. The van der Waals surface area contributed by atoms with Crippen LogP contribution in [-0.2, 0) is 11.2 Å². The van der Waals surface area contributed by atoms with Gasteiger partial charge in [-0.1, -0.05) is 31.2 Å². The van der Waals surface area contributed by atoms with Crippen LogP contribution >= 0.6 is 0 Å². The van der Waals surface area contributed by atoms with E-state index in [-0.39, 0.29) is 11.8 Å². The second kappa shape index (κ2) is 3.82.